The number of hydrogen-bond acceptors (Lipinski definition) is 20. The first-order chi connectivity index (χ1) is 24.3. The zero-order chi connectivity index (χ0) is 39.3. The van der Waals surface area contributed by atoms with Crippen LogP contribution in [-0.4, -0.2) is 149 Å². The predicted octanol–water partition coefficient (Wildman–Crippen LogP) is -0.467. The highest BCUT2D eigenvalue weighted by molar-refractivity contribution is 7.08. The molecule has 0 aromatic rings. The van der Waals surface area contributed by atoms with Gasteiger partial charge < -0.3 is 82.9 Å². The maximum absolute atomic E-state index is 7.43. The van der Waals surface area contributed by atoms with Crippen LogP contribution in [0.1, 0.15) is 0 Å². The van der Waals surface area contributed by atoms with Gasteiger partial charge in [0.25, 0.3) is 5.03 Å². The molecule has 9 atom stereocenters. The topological polar surface area (TPSA) is 185 Å². The lowest BCUT2D eigenvalue weighted by atomic mass is 11.4. The van der Waals surface area contributed by atoms with Crippen LogP contribution in [0.15, 0.2) is 0 Å². The van der Waals surface area contributed by atoms with Gasteiger partial charge in [0.2, 0.25) is 0 Å². The van der Waals surface area contributed by atoms with Crippen LogP contribution in [0.5, 0.6) is 0 Å². The Morgan fingerprint density at radius 3 is 0.736 bits per heavy atom. The van der Waals surface area contributed by atoms with Crippen molar-refractivity contribution in [1.82, 2.24) is 0 Å². The van der Waals surface area contributed by atoms with Gasteiger partial charge in [0.05, 0.1) is 0 Å². The number of rotatable bonds is 16. The monoisotopic (exact) mass is 1030 g/mol. The predicted molar refractivity (Wildman–Crippen MR) is 221 cm³/mol. The summed E-state index contributed by atoms with van der Waals surface area (Å²) in [6, 6.07) is 0. The van der Waals surface area contributed by atoms with Crippen molar-refractivity contribution >= 4 is 144 Å². The van der Waals surface area contributed by atoms with Crippen LogP contribution in [-0.2, 0) is 82.9 Å². The van der Waals surface area contributed by atoms with Gasteiger partial charge in [0.15, 0.2) is 72.3 Å². The fourth-order valence-corrected chi connectivity index (χ4v) is 71.9. The third-order valence-corrected chi connectivity index (χ3v) is 57.5. The SMILES string of the molecule is C[SiH](C)O[Si]12O[C@]34O[Si@@]5(O[SiH](C)C)O[Si@](O[SiH](C)C)(O1)O[Si]1(O[SiH](C)C)O[Si]3(O[SiH](C)C)O[Si@](O[SiH](C)C)(O[Si@@](O[SiH](C)C)(O2)O1)O[Si@]4(O[SiH](C)C)O5. The van der Waals surface area contributed by atoms with Crippen LogP contribution in [0.2, 0.25) is 105 Å². The summed E-state index contributed by atoms with van der Waals surface area (Å²) in [5.41, 5.74) is 0. The van der Waals surface area contributed by atoms with Crippen LogP contribution in [0, 0.1) is 0 Å². The van der Waals surface area contributed by atoms with Gasteiger partial charge in [-0.1, -0.05) is 0 Å². The third-order valence-electron chi connectivity index (χ3n) is 6.94. The van der Waals surface area contributed by atoms with E-state index in [-0.39, 0.29) is 0 Å². The first kappa shape index (κ1) is 45.2. The summed E-state index contributed by atoms with van der Waals surface area (Å²) < 4.78 is 142. The van der Waals surface area contributed by atoms with E-state index in [2.05, 4.69) is 0 Å². The second-order valence-corrected chi connectivity index (χ2v) is 58.2. The Hall–Kier alpha value is 2.67. The fraction of sp³-hybridized carbons (Fsp3) is 1.00. The molecule has 0 radical (unpaired) electrons. The number of hydrogen-bond donors (Lipinski definition) is 0. The summed E-state index contributed by atoms with van der Waals surface area (Å²) in [5, 5.41) is -2.31. The molecule has 5 fully saturated rings. The molecule has 53 heavy (non-hydrogen) atoms. The van der Waals surface area contributed by atoms with E-state index in [0.717, 1.165) is 0 Å². The average Bonchev–Trinajstić information content (AvgIpc) is 3.15. The molecule has 1 spiro atoms. The standard InChI is InChI=1S/C17H56O20Si16/c1-38(2)20-46-17-18-48(28-46,22-40(5)6)32-52(26-44(13)14)33-49(19-17,23-41(7)8)34-53(27-45(15)16)35-50(29-46,24-42(9)10)30-47(17,21-39(3)4)31-51(36-52,37-53)25-43(11)12/h38-45H,1-16H3/t17-,46+,47?,48-,49?,50+,51?,52+,53+/m0/s1. The maximum Gasteiger partial charge on any atom is 0.659 e. The van der Waals surface area contributed by atoms with E-state index in [9.17, 15) is 0 Å². The minimum atomic E-state index is -4.89. The van der Waals surface area contributed by atoms with E-state index >= 15 is 0 Å². The summed E-state index contributed by atoms with van der Waals surface area (Å²) >= 11 is 0. The first-order valence-electron chi connectivity index (χ1n) is 18.2. The number of fused-ring (bicyclic) bond motifs is 7. The van der Waals surface area contributed by atoms with Gasteiger partial charge in [-0.25, -0.2) is 0 Å². The van der Waals surface area contributed by atoms with E-state index in [0.29, 0.717) is 0 Å². The molecular formula is C17H56O20Si16. The normalized spacial score (nSPS) is 44.8. The Labute approximate surface area is 334 Å². The van der Waals surface area contributed by atoms with Gasteiger partial charge in [-0.2, -0.15) is 0 Å². The smallest absolute Gasteiger partial charge is 0.417 e. The molecule has 0 amide bonds. The van der Waals surface area contributed by atoms with Crippen molar-refractivity contribution in [3.63, 3.8) is 0 Å². The van der Waals surface area contributed by atoms with Gasteiger partial charge >= 0.3 is 71.9 Å². The van der Waals surface area contributed by atoms with Crippen molar-refractivity contribution in [2.75, 3.05) is 0 Å². The largest absolute Gasteiger partial charge is 0.659 e. The summed E-state index contributed by atoms with van der Waals surface area (Å²) in [5.74, 6) is 0. The molecule has 5 aliphatic heterocycles. The zero-order valence-corrected chi connectivity index (χ0v) is 50.5. The van der Waals surface area contributed by atoms with Crippen molar-refractivity contribution in [3.8, 4) is 0 Å². The lowest BCUT2D eigenvalue weighted by Gasteiger charge is -2.56. The highest BCUT2D eigenvalue weighted by Crippen LogP contribution is 2.61. The van der Waals surface area contributed by atoms with Gasteiger partial charge in [-0.3, -0.25) is 0 Å². The van der Waals surface area contributed by atoms with Gasteiger partial charge in [0.1, 0.15) is 0 Å². The summed E-state index contributed by atoms with van der Waals surface area (Å²) in [7, 11) is -55.6. The zero-order valence-electron chi connectivity index (χ0n) is 33.3. The first-order valence-corrected chi connectivity index (χ1v) is 53.6. The molecule has 0 aliphatic carbocycles. The highest BCUT2D eigenvalue weighted by atomic mass is 28.7. The van der Waals surface area contributed by atoms with Crippen molar-refractivity contribution in [2.45, 2.75) is 110 Å². The average molecular weight is 1030 g/mol. The maximum atomic E-state index is 7.43. The van der Waals surface area contributed by atoms with Crippen LogP contribution < -0.4 is 0 Å². The van der Waals surface area contributed by atoms with Gasteiger partial charge in [-0.15, -0.1) is 0 Å². The molecule has 308 valence electrons. The fourth-order valence-electron chi connectivity index (χ4n) is 6.11. The lowest BCUT2D eigenvalue weighted by molar-refractivity contribution is -0.139. The van der Waals surface area contributed by atoms with Gasteiger partial charge in [-0.05, 0) is 105 Å². The van der Waals surface area contributed by atoms with Crippen LogP contribution in [0.25, 0.3) is 0 Å². The molecule has 0 N–H and O–H groups in total. The minimum absolute atomic E-state index is 1.94. The Morgan fingerprint density at radius 1 is 0.264 bits per heavy atom. The van der Waals surface area contributed by atoms with Crippen LogP contribution in [0.4, 0.5) is 0 Å². The lowest BCUT2D eigenvalue weighted by Crippen LogP contribution is -2.91. The quantitative estimate of drug-likeness (QED) is 0.181. The molecule has 3 unspecified atom stereocenters. The van der Waals surface area contributed by atoms with Gasteiger partial charge in [0, 0.05) is 0 Å². The second kappa shape index (κ2) is 15.5. The Bertz CT molecular complexity index is 1350. The summed E-state index contributed by atoms with van der Waals surface area (Å²) in [6.45, 7) is 31.2. The Balaban J connectivity index is 1.84. The summed E-state index contributed by atoms with van der Waals surface area (Å²) in [6.07, 6.45) is 0. The van der Waals surface area contributed by atoms with E-state index < -0.39 is 149 Å². The molecule has 36 heteroatoms. The Kier molecular flexibility index (Phi) is 13.3. The molecule has 5 aliphatic rings. The van der Waals surface area contributed by atoms with E-state index in [1.807, 2.05) is 105 Å². The molecule has 0 saturated carbocycles. The molecule has 0 aromatic carbocycles. The minimum Gasteiger partial charge on any atom is -0.417 e. The molecule has 5 heterocycles. The Morgan fingerprint density at radius 2 is 0.453 bits per heavy atom. The summed E-state index contributed by atoms with van der Waals surface area (Å²) in [4.78, 5) is 0. The van der Waals surface area contributed by atoms with E-state index in [1.54, 1.807) is 0 Å². The second-order valence-electron chi connectivity index (χ2n) is 15.3. The van der Waals surface area contributed by atoms with E-state index in [1.165, 1.54) is 0 Å². The highest BCUT2D eigenvalue weighted by Gasteiger charge is 3.03. The molecule has 5 saturated heterocycles. The molecule has 8 bridgehead atoms. The van der Waals surface area contributed by atoms with E-state index in [4.69, 9.17) is 82.9 Å². The van der Waals surface area contributed by atoms with Crippen molar-refractivity contribution < 1.29 is 82.9 Å². The van der Waals surface area contributed by atoms with Crippen LogP contribution >= 0.6 is 0 Å². The van der Waals surface area contributed by atoms with Crippen LogP contribution in [0.3, 0.4) is 0 Å². The van der Waals surface area contributed by atoms with Crippen molar-refractivity contribution in [3.05, 3.63) is 0 Å². The van der Waals surface area contributed by atoms with Crippen molar-refractivity contribution in [2.24, 2.45) is 0 Å². The molecular weight excluding hydrogens is 974 g/mol. The van der Waals surface area contributed by atoms with Crippen molar-refractivity contribution in [1.29, 1.82) is 0 Å². The third kappa shape index (κ3) is 8.62. The molecule has 20 nitrogen and oxygen atoms in total. The molecule has 0 aromatic heterocycles. The molecule has 5 rings (SSSR count).